The molecule has 3 aromatic carbocycles. The molecule has 5 aromatic rings. The topological polar surface area (TPSA) is 363 Å². The van der Waals surface area contributed by atoms with Gasteiger partial charge in [0, 0.05) is 48.3 Å². The zero-order chi connectivity index (χ0) is 47.8. The first-order valence-corrected chi connectivity index (χ1v) is 21.2. The van der Waals surface area contributed by atoms with Crippen LogP contribution in [0.5, 0.6) is 11.5 Å². The van der Waals surface area contributed by atoms with E-state index in [0.29, 0.717) is 36.2 Å². The van der Waals surface area contributed by atoms with Crippen molar-refractivity contribution in [1.82, 2.24) is 41.5 Å². The lowest BCUT2D eigenvalue weighted by molar-refractivity contribution is -0.142. The summed E-state index contributed by atoms with van der Waals surface area (Å²) < 4.78 is 0. The second-order valence-electron chi connectivity index (χ2n) is 15.8. The number of carbonyl (C=O) groups is 7. The molecule has 6 atom stereocenters. The van der Waals surface area contributed by atoms with E-state index >= 15 is 0 Å². The molecule has 16 N–H and O–H groups in total. The van der Waals surface area contributed by atoms with Crippen molar-refractivity contribution in [2.24, 2.45) is 17.2 Å². The number of phenols is 2. The molecule has 0 aliphatic carbocycles. The number of primary amides is 1. The molecule has 0 spiro atoms. The van der Waals surface area contributed by atoms with Crippen molar-refractivity contribution >= 4 is 52.3 Å². The molecule has 0 aliphatic rings. The van der Waals surface area contributed by atoms with Crippen LogP contribution in [-0.2, 0) is 59.2 Å². The number of unbranched alkanes of at least 4 members (excludes halogenated alkanes) is 1. The molecule has 0 bridgehead atoms. The molecule has 6 amide bonds. The Morgan fingerprint density at radius 3 is 1.73 bits per heavy atom. The highest BCUT2D eigenvalue weighted by Gasteiger charge is 2.34. The number of para-hydroxylation sites is 1. The van der Waals surface area contributed by atoms with E-state index in [1.54, 1.807) is 6.20 Å². The van der Waals surface area contributed by atoms with Gasteiger partial charge >= 0.3 is 5.97 Å². The third kappa shape index (κ3) is 14.6. The van der Waals surface area contributed by atoms with Gasteiger partial charge in [0.15, 0.2) is 0 Å². The number of carboxylic acid groups (broad SMARTS) is 1. The number of fused-ring (bicyclic) bond motifs is 1. The monoisotopic (exact) mass is 909 g/mol. The molecule has 5 rings (SSSR count). The number of aromatic amines is 2. The van der Waals surface area contributed by atoms with E-state index in [1.807, 2.05) is 24.3 Å². The first-order valence-electron chi connectivity index (χ1n) is 21.2. The second-order valence-corrected chi connectivity index (χ2v) is 15.8. The van der Waals surface area contributed by atoms with Crippen LogP contribution in [0.3, 0.4) is 0 Å². The van der Waals surface area contributed by atoms with Crippen LogP contribution in [0.1, 0.15) is 48.1 Å². The van der Waals surface area contributed by atoms with Crippen LogP contribution in [-0.4, -0.2) is 114 Å². The summed E-state index contributed by atoms with van der Waals surface area (Å²) in [6.45, 7) is 0.319. The molecule has 0 aliphatic heterocycles. The minimum absolute atomic E-state index is 0.0621. The van der Waals surface area contributed by atoms with E-state index < -0.39 is 84.1 Å². The van der Waals surface area contributed by atoms with E-state index in [1.165, 1.54) is 61.1 Å². The fourth-order valence-corrected chi connectivity index (χ4v) is 7.14. The van der Waals surface area contributed by atoms with Crippen LogP contribution in [0.2, 0.25) is 0 Å². The predicted octanol–water partition coefficient (Wildman–Crippen LogP) is -0.587. The summed E-state index contributed by atoms with van der Waals surface area (Å²) in [6.07, 6.45) is 4.42. The highest BCUT2D eigenvalue weighted by molar-refractivity contribution is 5.98. The summed E-state index contributed by atoms with van der Waals surface area (Å²) in [6, 6.07) is 10.4. The number of carboxylic acids is 1. The van der Waals surface area contributed by atoms with Gasteiger partial charge in [-0.05, 0) is 79.3 Å². The van der Waals surface area contributed by atoms with E-state index in [4.69, 9.17) is 17.2 Å². The smallest absolute Gasteiger partial charge is 0.326 e. The van der Waals surface area contributed by atoms with Crippen molar-refractivity contribution in [2.45, 2.75) is 87.6 Å². The summed E-state index contributed by atoms with van der Waals surface area (Å²) in [7, 11) is 0. The molecule has 0 radical (unpaired) electrons. The van der Waals surface area contributed by atoms with E-state index in [9.17, 15) is 48.9 Å². The lowest BCUT2D eigenvalue weighted by Crippen LogP contribution is -2.60. The molecule has 350 valence electrons. The fraction of sp³-hybridized carbons (Fsp3) is 0.333. The first-order chi connectivity index (χ1) is 31.6. The zero-order valence-electron chi connectivity index (χ0n) is 35.9. The van der Waals surface area contributed by atoms with Gasteiger partial charge < -0.3 is 69.1 Å². The summed E-state index contributed by atoms with van der Waals surface area (Å²) in [5.74, 6) is -6.90. The van der Waals surface area contributed by atoms with Crippen molar-refractivity contribution in [1.29, 1.82) is 0 Å². The third-order valence-electron chi connectivity index (χ3n) is 10.7. The Morgan fingerprint density at radius 1 is 0.621 bits per heavy atom. The Labute approximate surface area is 378 Å². The molecular formula is C45H55N11O10. The first kappa shape index (κ1) is 49.2. The van der Waals surface area contributed by atoms with Gasteiger partial charge in [0.25, 0.3) is 0 Å². The maximum atomic E-state index is 14.3. The number of phenolic OH excluding ortho intramolecular Hbond substituents is 2. The average Bonchev–Trinajstić information content (AvgIpc) is 3.96. The number of imidazole rings is 1. The standard InChI is InChI=1S/C45H55N11O10/c46-16-4-3-7-34(52-40(60)32(47)19-27-22-50-33-6-2-1-5-31(27)33)41(61)54-36(20-28-23-49-24-51-28)43(63)53-35(17-25-8-12-29(57)13-9-25)42(62)55-37(21-39(48)59)44(64)56-38(45(65)66)18-26-10-14-30(58)15-11-26/h1-2,5-6,8-15,22-24,32,34-38,50,57-58H,3-4,7,16-21,46-47H2,(H2,48,59)(H,49,51)(H,52,60)(H,53,63)(H,54,61)(H,55,62)(H,56,64)(H,65,66)/t32-,34-,35-,36-,37-,38-/m0/s1. The largest absolute Gasteiger partial charge is 0.508 e. The number of benzene rings is 3. The lowest BCUT2D eigenvalue weighted by Gasteiger charge is -2.27. The van der Waals surface area contributed by atoms with E-state index in [2.05, 4.69) is 41.5 Å². The minimum atomic E-state index is -1.71. The highest BCUT2D eigenvalue weighted by Crippen LogP contribution is 2.19. The summed E-state index contributed by atoms with van der Waals surface area (Å²) >= 11 is 0. The van der Waals surface area contributed by atoms with Crippen molar-refractivity contribution in [3.05, 3.63) is 114 Å². The number of amides is 6. The number of aliphatic carboxylic acids is 1. The van der Waals surface area contributed by atoms with Crippen molar-refractivity contribution in [3.8, 4) is 11.5 Å². The van der Waals surface area contributed by atoms with Gasteiger partial charge in [-0.25, -0.2) is 9.78 Å². The van der Waals surface area contributed by atoms with Crippen LogP contribution in [0.4, 0.5) is 0 Å². The van der Waals surface area contributed by atoms with Crippen LogP contribution < -0.4 is 43.8 Å². The normalized spacial score (nSPS) is 13.8. The number of aromatic nitrogens is 3. The number of aromatic hydroxyl groups is 2. The Bertz CT molecular complexity index is 2440. The predicted molar refractivity (Wildman–Crippen MR) is 240 cm³/mol. The van der Waals surface area contributed by atoms with Crippen molar-refractivity contribution < 1.29 is 48.9 Å². The quantitative estimate of drug-likeness (QED) is 0.0326. The SMILES string of the molecule is NCCCC[C@H](NC(=O)[C@@H](N)Cc1c[nH]c2ccccc12)C(=O)N[C@@H](Cc1cnc[nH]1)C(=O)N[C@@H](Cc1ccc(O)cc1)C(=O)N[C@@H](CC(N)=O)C(=O)N[C@@H](Cc1ccc(O)cc1)C(=O)O. The number of carbonyl (C=O) groups excluding carboxylic acids is 6. The molecule has 21 nitrogen and oxygen atoms in total. The molecule has 66 heavy (non-hydrogen) atoms. The average molecular weight is 910 g/mol. The summed E-state index contributed by atoms with van der Waals surface area (Å²) in [5, 5.41) is 43.1. The minimum Gasteiger partial charge on any atom is -0.508 e. The molecule has 2 heterocycles. The summed E-state index contributed by atoms with van der Waals surface area (Å²) in [5.41, 5.74) is 20.5. The number of hydrogen-bond acceptors (Lipinski definition) is 12. The molecule has 21 heteroatoms. The second kappa shape index (κ2) is 23.8. The van der Waals surface area contributed by atoms with Gasteiger partial charge in [-0.15, -0.1) is 0 Å². The number of hydrogen-bond donors (Lipinski definition) is 13. The van der Waals surface area contributed by atoms with Crippen LogP contribution in [0.15, 0.2) is 91.5 Å². The maximum Gasteiger partial charge on any atom is 0.326 e. The molecular weight excluding hydrogens is 855 g/mol. The van der Waals surface area contributed by atoms with Crippen LogP contribution in [0, 0.1) is 0 Å². The maximum absolute atomic E-state index is 14.3. The molecule has 0 saturated carbocycles. The van der Waals surface area contributed by atoms with Gasteiger partial charge in [0.2, 0.25) is 35.4 Å². The molecule has 0 unspecified atom stereocenters. The highest BCUT2D eigenvalue weighted by atomic mass is 16.4. The Kier molecular flexibility index (Phi) is 17.7. The van der Waals surface area contributed by atoms with Crippen LogP contribution in [0.25, 0.3) is 10.9 Å². The lowest BCUT2D eigenvalue weighted by atomic mass is 10.0. The molecule has 2 aromatic heterocycles. The summed E-state index contributed by atoms with van der Waals surface area (Å²) in [4.78, 5) is 104. The number of nitrogens with two attached hydrogens (primary N) is 3. The Hall–Kier alpha value is -7.78. The van der Waals surface area contributed by atoms with Gasteiger partial charge in [-0.1, -0.05) is 42.5 Å². The van der Waals surface area contributed by atoms with Gasteiger partial charge in [-0.2, -0.15) is 0 Å². The van der Waals surface area contributed by atoms with E-state index in [-0.39, 0.29) is 43.6 Å². The Morgan fingerprint density at radius 2 is 1.15 bits per heavy atom. The number of nitrogens with zero attached hydrogens (tertiary/aromatic N) is 1. The fourth-order valence-electron chi connectivity index (χ4n) is 7.14. The molecule has 0 fully saturated rings. The van der Waals surface area contributed by atoms with Gasteiger partial charge in [0.1, 0.15) is 41.7 Å². The van der Waals surface area contributed by atoms with Crippen molar-refractivity contribution in [2.75, 3.05) is 6.54 Å². The number of H-pyrrole nitrogens is 2. The zero-order valence-corrected chi connectivity index (χ0v) is 35.9. The van der Waals surface area contributed by atoms with Gasteiger partial charge in [0.05, 0.1) is 18.8 Å². The van der Waals surface area contributed by atoms with E-state index in [0.717, 1.165) is 16.5 Å². The third-order valence-corrected chi connectivity index (χ3v) is 10.7. The van der Waals surface area contributed by atoms with Crippen molar-refractivity contribution in [3.63, 3.8) is 0 Å². The molecule has 0 saturated heterocycles. The Balaban J connectivity index is 1.36. The number of rotatable bonds is 25. The number of nitrogens with one attached hydrogen (secondary N) is 7. The van der Waals surface area contributed by atoms with Crippen LogP contribution >= 0.6 is 0 Å². The van der Waals surface area contributed by atoms with Gasteiger partial charge in [-0.3, -0.25) is 28.8 Å².